The summed E-state index contributed by atoms with van der Waals surface area (Å²) in [7, 11) is 0. The lowest BCUT2D eigenvalue weighted by Crippen LogP contribution is -2.31. The predicted octanol–water partition coefficient (Wildman–Crippen LogP) is 2.54. The van der Waals surface area contributed by atoms with E-state index in [9.17, 15) is 13.6 Å². The van der Waals surface area contributed by atoms with Crippen molar-refractivity contribution in [2.45, 2.75) is 18.8 Å². The highest BCUT2D eigenvalue weighted by atomic mass is 19.1. The predicted molar refractivity (Wildman–Crippen MR) is 49.5 cm³/mol. The molecule has 1 aliphatic carbocycles. The van der Waals surface area contributed by atoms with Crippen LogP contribution in [0.1, 0.15) is 24.3 Å². The molecular formula is C11H10F2O2. The molecule has 2 nitrogen and oxygen atoms in total. The van der Waals surface area contributed by atoms with E-state index in [4.69, 9.17) is 5.11 Å². The number of halogens is 2. The van der Waals surface area contributed by atoms with Gasteiger partial charge in [0.15, 0.2) is 0 Å². The van der Waals surface area contributed by atoms with Gasteiger partial charge in [-0.2, -0.15) is 0 Å². The van der Waals surface area contributed by atoms with Gasteiger partial charge in [-0.05, 0) is 24.5 Å². The van der Waals surface area contributed by atoms with Crippen LogP contribution < -0.4 is 0 Å². The first-order valence-corrected chi connectivity index (χ1v) is 4.77. The second-order valence-electron chi connectivity index (χ2n) is 3.79. The van der Waals surface area contributed by atoms with Gasteiger partial charge in [0.2, 0.25) is 0 Å². The van der Waals surface area contributed by atoms with Gasteiger partial charge in [0.1, 0.15) is 11.6 Å². The van der Waals surface area contributed by atoms with Crippen LogP contribution in [-0.4, -0.2) is 11.1 Å². The molecule has 4 heteroatoms. The Balaban J connectivity index is 2.27. The molecule has 1 fully saturated rings. The molecule has 1 saturated carbocycles. The first kappa shape index (κ1) is 10.1. The summed E-state index contributed by atoms with van der Waals surface area (Å²) in [5.41, 5.74) is 0.315. The molecule has 0 aliphatic heterocycles. The van der Waals surface area contributed by atoms with Gasteiger partial charge in [-0.25, -0.2) is 8.78 Å². The zero-order chi connectivity index (χ0) is 11.0. The SMILES string of the molecule is O=C(O)C1CCC1c1ccc(F)cc1F. The van der Waals surface area contributed by atoms with Crippen LogP contribution in [-0.2, 0) is 4.79 Å². The zero-order valence-corrected chi connectivity index (χ0v) is 7.91. The number of hydrogen-bond donors (Lipinski definition) is 1. The molecule has 0 saturated heterocycles. The van der Waals surface area contributed by atoms with Gasteiger partial charge in [0, 0.05) is 12.0 Å². The van der Waals surface area contributed by atoms with Crippen molar-refractivity contribution in [1.29, 1.82) is 0 Å². The number of carboxylic acid groups (broad SMARTS) is 1. The fraction of sp³-hybridized carbons (Fsp3) is 0.364. The van der Waals surface area contributed by atoms with Crippen LogP contribution in [0.5, 0.6) is 0 Å². The number of benzene rings is 1. The third-order valence-corrected chi connectivity index (χ3v) is 2.95. The van der Waals surface area contributed by atoms with Crippen LogP contribution in [0, 0.1) is 17.6 Å². The van der Waals surface area contributed by atoms with Gasteiger partial charge in [0.25, 0.3) is 0 Å². The Morgan fingerprint density at radius 3 is 2.53 bits per heavy atom. The fourth-order valence-corrected chi connectivity index (χ4v) is 1.97. The molecule has 0 amide bonds. The quantitative estimate of drug-likeness (QED) is 0.817. The zero-order valence-electron chi connectivity index (χ0n) is 7.91. The van der Waals surface area contributed by atoms with Crippen molar-refractivity contribution < 1.29 is 18.7 Å². The summed E-state index contributed by atoms with van der Waals surface area (Å²) in [6.45, 7) is 0. The maximum Gasteiger partial charge on any atom is 0.307 e. The molecule has 1 aromatic rings. The standard InChI is InChI=1S/C11H10F2O2/c12-6-1-2-8(10(13)5-6)7-3-4-9(7)11(14)15/h1-2,5,7,9H,3-4H2,(H,14,15). The number of rotatable bonds is 2. The van der Waals surface area contributed by atoms with Gasteiger partial charge in [-0.3, -0.25) is 4.79 Å². The van der Waals surface area contributed by atoms with E-state index in [1.54, 1.807) is 0 Å². The van der Waals surface area contributed by atoms with Crippen molar-refractivity contribution in [2.24, 2.45) is 5.92 Å². The van der Waals surface area contributed by atoms with Gasteiger partial charge >= 0.3 is 5.97 Å². The lowest BCUT2D eigenvalue weighted by atomic mass is 9.70. The molecule has 1 aromatic carbocycles. The van der Waals surface area contributed by atoms with Gasteiger partial charge in [-0.15, -0.1) is 0 Å². The van der Waals surface area contributed by atoms with E-state index in [1.807, 2.05) is 0 Å². The summed E-state index contributed by atoms with van der Waals surface area (Å²) in [5, 5.41) is 8.81. The van der Waals surface area contributed by atoms with E-state index in [1.165, 1.54) is 6.07 Å². The molecule has 2 rings (SSSR count). The Labute approximate surface area is 85.5 Å². The summed E-state index contributed by atoms with van der Waals surface area (Å²) >= 11 is 0. The second kappa shape index (κ2) is 3.61. The van der Waals surface area contributed by atoms with E-state index in [2.05, 4.69) is 0 Å². The Bertz CT molecular complexity index is 404. The minimum Gasteiger partial charge on any atom is -0.481 e. The van der Waals surface area contributed by atoms with E-state index < -0.39 is 23.5 Å². The Morgan fingerprint density at radius 1 is 1.33 bits per heavy atom. The smallest absolute Gasteiger partial charge is 0.307 e. The highest BCUT2D eigenvalue weighted by Gasteiger charge is 2.38. The van der Waals surface area contributed by atoms with E-state index in [0.29, 0.717) is 18.4 Å². The number of carboxylic acids is 1. The Hall–Kier alpha value is -1.45. The minimum absolute atomic E-state index is 0.303. The van der Waals surface area contributed by atoms with Crippen molar-refractivity contribution in [1.82, 2.24) is 0 Å². The maximum atomic E-state index is 13.3. The van der Waals surface area contributed by atoms with Crippen LogP contribution in [0.4, 0.5) is 8.78 Å². The molecule has 0 radical (unpaired) electrons. The van der Waals surface area contributed by atoms with Crippen molar-refractivity contribution in [3.05, 3.63) is 35.4 Å². The molecule has 2 unspecified atom stereocenters. The molecule has 1 N–H and O–H groups in total. The van der Waals surface area contributed by atoms with E-state index >= 15 is 0 Å². The molecule has 0 spiro atoms. The normalized spacial score (nSPS) is 24.7. The molecular weight excluding hydrogens is 202 g/mol. The molecule has 15 heavy (non-hydrogen) atoms. The number of hydrogen-bond acceptors (Lipinski definition) is 1. The van der Waals surface area contributed by atoms with Crippen LogP contribution in [0.25, 0.3) is 0 Å². The van der Waals surface area contributed by atoms with Gasteiger partial charge < -0.3 is 5.11 Å². The summed E-state index contributed by atoms with van der Waals surface area (Å²) in [4.78, 5) is 10.7. The summed E-state index contributed by atoms with van der Waals surface area (Å²) in [6.07, 6.45) is 1.22. The third-order valence-electron chi connectivity index (χ3n) is 2.95. The molecule has 0 heterocycles. The van der Waals surface area contributed by atoms with Crippen LogP contribution in [0.2, 0.25) is 0 Å². The van der Waals surface area contributed by atoms with Crippen LogP contribution >= 0.6 is 0 Å². The van der Waals surface area contributed by atoms with Crippen molar-refractivity contribution in [3.63, 3.8) is 0 Å². The Kier molecular flexibility index (Phi) is 2.42. The number of aliphatic carboxylic acids is 1. The molecule has 0 bridgehead atoms. The van der Waals surface area contributed by atoms with E-state index in [0.717, 1.165) is 12.1 Å². The lowest BCUT2D eigenvalue weighted by molar-refractivity contribution is -0.145. The first-order chi connectivity index (χ1) is 7.09. The second-order valence-corrected chi connectivity index (χ2v) is 3.79. The average Bonchev–Trinajstić information content (AvgIpc) is 2.06. The Morgan fingerprint density at radius 2 is 2.07 bits per heavy atom. The first-order valence-electron chi connectivity index (χ1n) is 4.77. The van der Waals surface area contributed by atoms with Crippen molar-refractivity contribution in [3.8, 4) is 0 Å². The minimum atomic E-state index is -0.907. The molecule has 2 atom stereocenters. The number of carbonyl (C=O) groups is 1. The van der Waals surface area contributed by atoms with Crippen LogP contribution in [0.15, 0.2) is 18.2 Å². The van der Waals surface area contributed by atoms with Gasteiger partial charge in [0.05, 0.1) is 5.92 Å². The van der Waals surface area contributed by atoms with E-state index in [-0.39, 0.29) is 5.92 Å². The third kappa shape index (κ3) is 1.71. The monoisotopic (exact) mass is 212 g/mol. The highest BCUT2D eigenvalue weighted by Crippen LogP contribution is 2.43. The summed E-state index contributed by atoms with van der Waals surface area (Å²) in [6, 6.07) is 3.30. The molecule has 80 valence electrons. The lowest BCUT2D eigenvalue weighted by Gasteiger charge is -2.33. The maximum absolute atomic E-state index is 13.3. The van der Waals surface area contributed by atoms with Crippen molar-refractivity contribution in [2.75, 3.05) is 0 Å². The van der Waals surface area contributed by atoms with Crippen molar-refractivity contribution >= 4 is 5.97 Å². The average molecular weight is 212 g/mol. The highest BCUT2D eigenvalue weighted by molar-refractivity contribution is 5.72. The topological polar surface area (TPSA) is 37.3 Å². The van der Waals surface area contributed by atoms with Crippen LogP contribution in [0.3, 0.4) is 0 Å². The van der Waals surface area contributed by atoms with Gasteiger partial charge in [-0.1, -0.05) is 6.07 Å². The fourth-order valence-electron chi connectivity index (χ4n) is 1.97. The summed E-state index contributed by atoms with van der Waals surface area (Å²) in [5.74, 6) is -3.02. The molecule has 1 aliphatic rings. The largest absolute Gasteiger partial charge is 0.481 e. The summed E-state index contributed by atoms with van der Waals surface area (Å²) < 4.78 is 26.0. The molecule has 0 aromatic heterocycles.